The molecular formula is C22H15F4N3S. The Bertz CT molecular complexity index is 1120. The van der Waals surface area contributed by atoms with Gasteiger partial charge in [0, 0.05) is 10.6 Å². The van der Waals surface area contributed by atoms with Gasteiger partial charge in [-0.2, -0.15) is 18.3 Å². The van der Waals surface area contributed by atoms with Gasteiger partial charge in [0.05, 0.1) is 11.3 Å². The highest BCUT2D eigenvalue weighted by Crippen LogP contribution is 2.35. The van der Waals surface area contributed by atoms with E-state index in [0.29, 0.717) is 11.1 Å². The third-order valence-corrected chi connectivity index (χ3v) is 5.57. The first-order valence-corrected chi connectivity index (χ1v) is 9.93. The van der Waals surface area contributed by atoms with E-state index in [1.54, 1.807) is 34.9 Å². The Kier molecular flexibility index (Phi) is 5.59. The zero-order valence-electron chi connectivity index (χ0n) is 15.5. The summed E-state index contributed by atoms with van der Waals surface area (Å²) in [4.78, 5) is 4.90. The van der Waals surface area contributed by atoms with E-state index in [0.717, 1.165) is 34.0 Å². The predicted octanol–water partition coefficient (Wildman–Crippen LogP) is 6.38. The van der Waals surface area contributed by atoms with E-state index in [4.69, 9.17) is 0 Å². The van der Waals surface area contributed by atoms with Crippen molar-refractivity contribution in [3.63, 3.8) is 0 Å². The van der Waals surface area contributed by atoms with Gasteiger partial charge in [-0.3, -0.25) is 0 Å². The average Bonchev–Trinajstić information content (AvgIpc) is 3.27. The van der Waals surface area contributed by atoms with E-state index in [2.05, 4.69) is 10.1 Å². The van der Waals surface area contributed by atoms with Crippen molar-refractivity contribution in [3.8, 4) is 16.8 Å². The molecule has 0 saturated heterocycles. The number of benzene rings is 3. The standard InChI is InChI=1S/C22H15F4N3S/c23-21-10-5-17(11-20(21)22(24,25)26)16-3-8-19(9-4-16)30-12-15-1-6-18(7-2-15)29-14-27-13-28-29/h1-11,13-14H,12H2. The molecule has 0 fully saturated rings. The lowest BCUT2D eigenvalue weighted by molar-refractivity contribution is -0.139. The number of halogens is 4. The van der Waals surface area contributed by atoms with Crippen LogP contribution in [0.5, 0.6) is 0 Å². The fourth-order valence-electron chi connectivity index (χ4n) is 2.92. The Morgan fingerprint density at radius 1 is 0.867 bits per heavy atom. The van der Waals surface area contributed by atoms with Gasteiger partial charge in [0.25, 0.3) is 0 Å². The first kappa shape index (κ1) is 20.2. The molecule has 0 amide bonds. The molecular weight excluding hydrogens is 414 g/mol. The van der Waals surface area contributed by atoms with Crippen molar-refractivity contribution in [2.45, 2.75) is 16.8 Å². The van der Waals surface area contributed by atoms with Crippen LogP contribution in [-0.4, -0.2) is 14.8 Å². The van der Waals surface area contributed by atoms with Crippen LogP contribution in [0.1, 0.15) is 11.1 Å². The molecule has 0 atom stereocenters. The van der Waals surface area contributed by atoms with E-state index < -0.39 is 17.6 Å². The summed E-state index contributed by atoms with van der Waals surface area (Å²) in [6.45, 7) is 0. The minimum Gasteiger partial charge on any atom is -0.223 e. The molecule has 1 aromatic heterocycles. The summed E-state index contributed by atoms with van der Waals surface area (Å²) in [5.74, 6) is -0.528. The summed E-state index contributed by atoms with van der Waals surface area (Å²) in [6.07, 6.45) is -1.62. The average molecular weight is 429 g/mol. The molecule has 0 radical (unpaired) electrons. The molecule has 0 spiro atoms. The highest BCUT2D eigenvalue weighted by molar-refractivity contribution is 7.98. The van der Waals surface area contributed by atoms with Gasteiger partial charge in [-0.25, -0.2) is 14.1 Å². The molecule has 0 N–H and O–H groups in total. The molecule has 0 aliphatic rings. The number of thioether (sulfide) groups is 1. The Balaban J connectivity index is 1.43. The maximum absolute atomic E-state index is 13.5. The predicted molar refractivity (Wildman–Crippen MR) is 108 cm³/mol. The molecule has 3 aromatic carbocycles. The van der Waals surface area contributed by atoms with Crippen molar-refractivity contribution in [2.24, 2.45) is 0 Å². The molecule has 4 aromatic rings. The second-order valence-corrected chi connectivity index (χ2v) is 7.56. The van der Waals surface area contributed by atoms with Gasteiger partial charge < -0.3 is 0 Å². The van der Waals surface area contributed by atoms with E-state index >= 15 is 0 Å². The van der Waals surface area contributed by atoms with Gasteiger partial charge >= 0.3 is 6.18 Å². The number of hydrogen-bond donors (Lipinski definition) is 0. The molecule has 8 heteroatoms. The Morgan fingerprint density at radius 2 is 1.57 bits per heavy atom. The van der Waals surface area contributed by atoms with Crippen LogP contribution in [0.2, 0.25) is 0 Å². The van der Waals surface area contributed by atoms with E-state index in [-0.39, 0.29) is 0 Å². The molecule has 0 saturated carbocycles. The van der Waals surface area contributed by atoms with E-state index in [1.165, 1.54) is 12.4 Å². The minimum absolute atomic E-state index is 0.323. The summed E-state index contributed by atoms with van der Waals surface area (Å²) < 4.78 is 53.9. The van der Waals surface area contributed by atoms with Crippen LogP contribution in [0.15, 0.2) is 84.3 Å². The third-order valence-electron chi connectivity index (χ3n) is 4.48. The maximum Gasteiger partial charge on any atom is 0.419 e. The number of nitrogens with zero attached hydrogens (tertiary/aromatic N) is 3. The van der Waals surface area contributed by atoms with Crippen LogP contribution in [0, 0.1) is 5.82 Å². The Hall–Kier alpha value is -3.13. The molecule has 0 aliphatic carbocycles. The minimum atomic E-state index is -4.72. The zero-order valence-corrected chi connectivity index (χ0v) is 16.3. The van der Waals surface area contributed by atoms with Crippen molar-refractivity contribution in [2.75, 3.05) is 0 Å². The fraction of sp³-hybridized carbons (Fsp3) is 0.0909. The summed E-state index contributed by atoms with van der Waals surface area (Å²) >= 11 is 1.62. The fourth-order valence-corrected chi connectivity index (χ4v) is 3.77. The van der Waals surface area contributed by atoms with Crippen molar-refractivity contribution < 1.29 is 17.6 Å². The largest absolute Gasteiger partial charge is 0.419 e. The second kappa shape index (κ2) is 8.31. The summed E-state index contributed by atoms with van der Waals surface area (Å²) in [6, 6.07) is 18.2. The van der Waals surface area contributed by atoms with Gasteiger partial charge in [0.15, 0.2) is 0 Å². The third kappa shape index (κ3) is 4.54. The molecule has 30 heavy (non-hydrogen) atoms. The second-order valence-electron chi connectivity index (χ2n) is 6.51. The van der Waals surface area contributed by atoms with Crippen LogP contribution < -0.4 is 0 Å². The smallest absolute Gasteiger partial charge is 0.223 e. The summed E-state index contributed by atoms with van der Waals surface area (Å²) in [7, 11) is 0. The maximum atomic E-state index is 13.5. The lowest BCUT2D eigenvalue weighted by Crippen LogP contribution is -2.08. The van der Waals surface area contributed by atoms with Crippen LogP contribution in [0.3, 0.4) is 0 Å². The molecule has 3 nitrogen and oxygen atoms in total. The van der Waals surface area contributed by atoms with Gasteiger partial charge in [0.1, 0.15) is 18.5 Å². The Morgan fingerprint density at radius 3 is 2.20 bits per heavy atom. The normalized spacial score (nSPS) is 11.6. The Labute approximate surface area is 174 Å². The monoisotopic (exact) mass is 429 g/mol. The number of hydrogen-bond acceptors (Lipinski definition) is 3. The van der Waals surface area contributed by atoms with Crippen LogP contribution in [-0.2, 0) is 11.9 Å². The molecule has 0 aliphatic heterocycles. The zero-order chi connectivity index (χ0) is 21.1. The molecule has 4 rings (SSSR count). The highest BCUT2D eigenvalue weighted by atomic mass is 32.2. The molecule has 0 unspecified atom stereocenters. The summed E-state index contributed by atoms with van der Waals surface area (Å²) in [5, 5.41) is 4.08. The molecule has 0 bridgehead atoms. The van der Waals surface area contributed by atoms with Crippen LogP contribution >= 0.6 is 11.8 Å². The molecule has 152 valence electrons. The first-order valence-electron chi connectivity index (χ1n) is 8.94. The number of aromatic nitrogens is 3. The highest BCUT2D eigenvalue weighted by Gasteiger charge is 2.34. The van der Waals surface area contributed by atoms with Gasteiger partial charge in [-0.1, -0.05) is 30.3 Å². The van der Waals surface area contributed by atoms with Gasteiger partial charge in [0.2, 0.25) is 0 Å². The quantitative estimate of drug-likeness (QED) is 0.272. The van der Waals surface area contributed by atoms with Gasteiger partial charge in [-0.05, 0) is 53.1 Å². The van der Waals surface area contributed by atoms with Crippen LogP contribution in [0.25, 0.3) is 16.8 Å². The molecule has 1 heterocycles. The van der Waals surface area contributed by atoms with Crippen molar-refractivity contribution in [1.29, 1.82) is 0 Å². The van der Waals surface area contributed by atoms with E-state index in [9.17, 15) is 17.6 Å². The lowest BCUT2D eigenvalue weighted by Gasteiger charge is -2.11. The van der Waals surface area contributed by atoms with E-state index in [1.807, 2.05) is 36.4 Å². The summed E-state index contributed by atoms with van der Waals surface area (Å²) in [5.41, 5.74) is 1.71. The SMILES string of the molecule is Fc1ccc(-c2ccc(SCc3ccc(-n4cncn4)cc3)cc2)cc1C(F)(F)F. The van der Waals surface area contributed by atoms with Crippen molar-refractivity contribution in [1.82, 2.24) is 14.8 Å². The topological polar surface area (TPSA) is 30.7 Å². The van der Waals surface area contributed by atoms with Gasteiger partial charge in [-0.15, -0.1) is 11.8 Å². The van der Waals surface area contributed by atoms with Crippen molar-refractivity contribution >= 4 is 11.8 Å². The lowest BCUT2D eigenvalue weighted by atomic mass is 10.0. The van der Waals surface area contributed by atoms with Crippen molar-refractivity contribution in [3.05, 3.63) is 96.3 Å². The van der Waals surface area contributed by atoms with Crippen LogP contribution in [0.4, 0.5) is 17.6 Å². The number of rotatable bonds is 5. The first-order chi connectivity index (χ1) is 14.4. The number of alkyl halides is 3.